The second-order valence-corrected chi connectivity index (χ2v) is 4.97. The molecule has 0 unspecified atom stereocenters. The summed E-state index contributed by atoms with van der Waals surface area (Å²) in [6.07, 6.45) is 3.57. The normalized spacial score (nSPS) is 14.0. The molecule has 7 heteroatoms. The highest BCUT2D eigenvalue weighted by atomic mass is 19.2. The molecule has 5 nitrogen and oxygen atoms in total. The highest BCUT2D eigenvalue weighted by Crippen LogP contribution is 2.28. The van der Waals surface area contributed by atoms with Crippen LogP contribution in [0.4, 0.5) is 14.5 Å². The quantitative estimate of drug-likeness (QED) is 0.722. The predicted octanol–water partition coefficient (Wildman–Crippen LogP) is 2.66. The minimum absolute atomic E-state index is 0.412. The molecule has 0 radical (unpaired) electrons. The molecule has 0 atom stereocenters. The van der Waals surface area contributed by atoms with Crippen molar-refractivity contribution in [3.63, 3.8) is 0 Å². The molecule has 4 rings (SSSR count). The van der Waals surface area contributed by atoms with Crippen LogP contribution in [0.1, 0.15) is 12.1 Å². The number of rotatable bonds is 1. The summed E-state index contributed by atoms with van der Waals surface area (Å²) in [5.41, 5.74) is 2.69. The molecule has 0 spiro atoms. The maximum absolute atomic E-state index is 13.4. The van der Waals surface area contributed by atoms with Gasteiger partial charge in [-0.25, -0.2) is 18.7 Å². The smallest absolute Gasteiger partial charge is 0.181 e. The van der Waals surface area contributed by atoms with Crippen LogP contribution in [-0.4, -0.2) is 26.7 Å². The summed E-state index contributed by atoms with van der Waals surface area (Å²) in [6, 6.07) is 2.20. The molecule has 1 aliphatic heterocycles. The highest BCUT2D eigenvalue weighted by molar-refractivity contribution is 5.91. The summed E-state index contributed by atoms with van der Waals surface area (Å²) in [6.45, 7) is 0.908. The standard InChI is InChI=1S/C14H11F2N5/c15-8-4-7-11(5-9(8)16)20-21-13(7)14-18-6-12-10(19-14)2-1-3-17-12/h4-6,17H,1-3H2,(H,20,21). The monoisotopic (exact) mass is 287 g/mol. The van der Waals surface area contributed by atoms with Gasteiger partial charge in [0.05, 0.1) is 23.1 Å². The first-order valence-electron chi connectivity index (χ1n) is 6.65. The highest BCUT2D eigenvalue weighted by Gasteiger charge is 2.17. The number of benzene rings is 1. The van der Waals surface area contributed by atoms with E-state index in [4.69, 9.17) is 0 Å². The molecule has 2 aromatic heterocycles. The molecule has 0 saturated carbocycles. The van der Waals surface area contributed by atoms with Gasteiger partial charge >= 0.3 is 0 Å². The Morgan fingerprint density at radius 3 is 2.90 bits per heavy atom. The van der Waals surface area contributed by atoms with Crippen LogP contribution in [0.2, 0.25) is 0 Å². The van der Waals surface area contributed by atoms with Crippen LogP contribution in [0.25, 0.3) is 22.4 Å². The van der Waals surface area contributed by atoms with E-state index in [-0.39, 0.29) is 0 Å². The average molecular weight is 287 g/mol. The zero-order valence-electron chi connectivity index (χ0n) is 11.0. The van der Waals surface area contributed by atoms with Gasteiger partial charge in [0, 0.05) is 18.0 Å². The van der Waals surface area contributed by atoms with Crippen molar-refractivity contribution in [3.8, 4) is 11.5 Å². The van der Waals surface area contributed by atoms with Gasteiger partial charge in [0.25, 0.3) is 0 Å². The molecule has 1 aliphatic rings. The number of aromatic nitrogens is 4. The van der Waals surface area contributed by atoms with Crippen molar-refractivity contribution < 1.29 is 8.78 Å². The van der Waals surface area contributed by atoms with Gasteiger partial charge in [-0.15, -0.1) is 0 Å². The third-order valence-corrected chi connectivity index (χ3v) is 3.59. The Balaban J connectivity index is 1.88. The first-order chi connectivity index (χ1) is 10.2. The predicted molar refractivity (Wildman–Crippen MR) is 73.8 cm³/mol. The van der Waals surface area contributed by atoms with Gasteiger partial charge in [0.15, 0.2) is 17.5 Å². The molecule has 3 aromatic rings. The lowest BCUT2D eigenvalue weighted by molar-refractivity contribution is 0.511. The lowest BCUT2D eigenvalue weighted by atomic mass is 10.1. The number of aromatic amines is 1. The number of halogens is 2. The van der Waals surface area contributed by atoms with E-state index in [1.807, 2.05) is 0 Å². The summed E-state index contributed by atoms with van der Waals surface area (Å²) >= 11 is 0. The van der Waals surface area contributed by atoms with E-state index < -0.39 is 11.6 Å². The van der Waals surface area contributed by atoms with Crippen LogP contribution in [0, 0.1) is 11.6 Å². The molecule has 0 fully saturated rings. The Bertz CT molecular complexity index is 843. The Hall–Kier alpha value is -2.57. The molecule has 1 aromatic carbocycles. The van der Waals surface area contributed by atoms with Crippen LogP contribution in [0.3, 0.4) is 0 Å². The van der Waals surface area contributed by atoms with Gasteiger partial charge in [-0.2, -0.15) is 5.10 Å². The first-order valence-corrected chi connectivity index (χ1v) is 6.65. The van der Waals surface area contributed by atoms with E-state index in [2.05, 4.69) is 25.5 Å². The van der Waals surface area contributed by atoms with E-state index in [0.717, 1.165) is 42.9 Å². The zero-order chi connectivity index (χ0) is 14.4. The van der Waals surface area contributed by atoms with Crippen LogP contribution in [0.15, 0.2) is 18.3 Å². The molecular formula is C14H11F2N5. The molecule has 0 saturated heterocycles. The minimum atomic E-state index is -0.912. The molecule has 0 aliphatic carbocycles. The van der Waals surface area contributed by atoms with Crippen molar-refractivity contribution >= 4 is 16.6 Å². The Kier molecular flexibility index (Phi) is 2.60. The van der Waals surface area contributed by atoms with Crippen LogP contribution >= 0.6 is 0 Å². The van der Waals surface area contributed by atoms with E-state index in [0.29, 0.717) is 22.4 Å². The van der Waals surface area contributed by atoms with Crippen molar-refractivity contribution in [1.82, 2.24) is 20.2 Å². The van der Waals surface area contributed by atoms with Crippen LogP contribution in [-0.2, 0) is 6.42 Å². The minimum Gasteiger partial charge on any atom is -0.382 e. The number of aryl methyl sites for hydroxylation is 1. The van der Waals surface area contributed by atoms with Gasteiger partial charge < -0.3 is 5.32 Å². The number of anilines is 1. The van der Waals surface area contributed by atoms with Gasteiger partial charge in [-0.1, -0.05) is 0 Å². The van der Waals surface area contributed by atoms with Crippen molar-refractivity contribution in [1.29, 1.82) is 0 Å². The van der Waals surface area contributed by atoms with Gasteiger partial charge in [0.2, 0.25) is 0 Å². The van der Waals surface area contributed by atoms with Crippen molar-refractivity contribution in [2.45, 2.75) is 12.8 Å². The lowest BCUT2D eigenvalue weighted by Crippen LogP contribution is -2.14. The summed E-state index contributed by atoms with van der Waals surface area (Å²) in [5.74, 6) is -1.41. The zero-order valence-corrected chi connectivity index (χ0v) is 11.0. The fourth-order valence-electron chi connectivity index (χ4n) is 2.53. The molecule has 106 valence electrons. The molecule has 21 heavy (non-hydrogen) atoms. The molecule has 0 bridgehead atoms. The number of H-pyrrole nitrogens is 1. The molecule has 0 amide bonds. The summed E-state index contributed by atoms with van der Waals surface area (Å²) < 4.78 is 26.7. The maximum atomic E-state index is 13.4. The number of hydrogen-bond donors (Lipinski definition) is 2. The second-order valence-electron chi connectivity index (χ2n) is 4.97. The van der Waals surface area contributed by atoms with E-state index in [1.54, 1.807) is 6.20 Å². The summed E-state index contributed by atoms with van der Waals surface area (Å²) in [7, 11) is 0. The third kappa shape index (κ3) is 1.93. The fourth-order valence-corrected chi connectivity index (χ4v) is 2.53. The molecule has 3 heterocycles. The number of nitrogens with one attached hydrogen (secondary N) is 2. The van der Waals surface area contributed by atoms with Gasteiger partial charge in [-0.05, 0) is 18.9 Å². The SMILES string of the molecule is Fc1cc2[nH]nc(-c3ncc4c(n3)CCCN4)c2cc1F. The largest absolute Gasteiger partial charge is 0.382 e. The van der Waals surface area contributed by atoms with Crippen molar-refractivity contribution in [2.24, 2.45) is 0 Å². The van der Waals surface area contributed by atoms with Crippen molar-refractivity contribution in [2.75, 3.05) is 11.9 Å². The van der Waals surface area contributed by atoms with Gasteiger partial charge in [0.1, 0.15) is 5.69 Å². The average Bonchev–Trinajstić information content (AvgIpc) is 2.90. The van der Waals surface area contributed by atoms with E-state index in [1.165, 1.54) is 0 Å². The summed E-state index contributed by atoms with van der Waals surface area (Å²) in [5, 5.41) is 10.5. The number of hydrogen-bond acceptors (Lipinski definition) is 4. The second kappa shape index (κ2) is 4.47. The van der Waals surface area contributed by atoms with Crippen LogP contribution in [0.5, 0.6) is 0 Å². The first kappa shape index (κ1) is 12.2. The maximum Gasteiger partial charge on any atom is 0.181 e. The van der Waals surface area contributed by atoms with Crippen LogP contribution < -0.4 is 5.32 Å². The molecule has 2 N–H and O–H groups in total. The third-order valence-electron chi connectivity index (χ3n) is 3.59. The molecular weight excluding hydrogens is 276 g/mol. The topological polar surface area (TPSA) is 66.5 Å². The Labute approximate surface area is 118 Å². The summed E-state index contributed by atoms with van der Waals surface area (Å²) in [4.78, 5) is 8.75. The van der Waals surface area contributed by atoms with Gasteiger partial charge in [-0.3, -0.25) is 5.10 Å². The van der Waals surface area contributed by atoms with E-state index in [9.17, 15) is 8.78 Å². The number of nitrogens with zero attached hydrogens (tertiary/aromatic N) is 3. The lowest BCUT2D eigenvalue weighted by Gasteiger charge is -2.16. The van der Waals surface area contributed by atoms with E-state index >= 15 is 0 Å². The van der Waals surface area contributed by atoms with Crippen molar-refractivity contribution in [3.05, 3.63) is 35.7 Å². The Morgan fingerprint density at radius 1 is 1.14 bits per heavy atom. The fraction of sp³-hybridized carbons (Fsp3) is 0.214. The number of fused-ring (bicyclic) bond motifs is 2. The Morgan fingerprint density at radius 2 is 2.00 bits per heavy atom.